The molecule has 4 aliphatic rings. The topological polar surface area (TPSA) is 118 Å². The fourth-order valence-electron chi connectivity index (χ4n) is 15.5. The molecule has 0 fully saturated rings. The number of hydrogen-bond acceptors (Lipinski definition) is 14. The van der Waals surface area contributed by atoms with Crippen LogP contribution in [0, 0.1) is 27.7 Å². The van der Waals surface area contributed by atoms with Crippen LogP contribution in [-0.2, 0) is 48.9 Å². The Balaban J connectivity index is 0.000000188. The number of Topliss-reactive ketones (excluding diaryl/α,β-unsaturated/α-hetero) is 2. The van der Waals surface area contributed by atoms with Gasteiger partial charge in [-0.3, -0.25) is 9.59 Å². The fourth-order valence-corrected chi connectivity index (χ4v) is 20.1. The van der Waals surface area contributed by atoms with E-state index in [1.807, 2.05) is 98.0 Å². The maximum atomic E-state index is 13.2. The fraction of sp³-hybridized carbons (Fsp3) is 0.313. The maximum Gasteiger partial charge on any atom is 0.263 e. The van der Waals surface area contributed by atoms with E-state index in [2.05, 4.69) is 345 Å². The van der Waals surface area contributed by atoms with E-state index in [1.165, 1.54) is 77.4 Å². The molecule has 121 heavy (non-hydrogen) atoms. The van der Waals surface area contributed by atoms with Gasteiger partial charge in [0, 0.05) is 93.0 Å². The first-order valence-electron chi connectivity index (χ1n) is 41.0. The van der Waals surface area contributed by atoms with Gasteiger partial charge < -0.3 is 29.3 Å². The summed E-state index contributed by atoms with van der Waals surface area (Å²) in [5.74, 6) is 4.43. The van der Waals surface area contributed by atoms with Crippen molar-refractivity contribution in [1.82, 2.24) is 19.1 Å². The Labute approximate surface area is 767 Å². The molecule has 2 aliphatic carbocycles. The van der Waals surface area contributed by atoms with Gasteiger partial charge in [-0.1, -0.05) is 212 Å². The second-order valence-electron chi connectivity index (χ2n) is 27.5. The number of aliphatic hydroxyl groups excluding tert-OH is 1. The minimum absolute atomic E-state index is 0. The number of halogens is 2. The summed E-state index contributed by atoms with van der Waals surface area (Å²) in [6, 6.07) is 66.8. The van der Waals surface area contributed by atoms with Gasteiger partial charge in [0.05, 0.1) is 73.2 Å². The van der Waals surface area contributed by atoms with Crippen molar-refractivity contribution in [3.63, 3.8) is 0 Å². The van der Waals surface area contributed by atoms with Gasteiger partial charge in [-0.15, -0.1) is 24.0 Å². The highest BCUT2D eigenvalue weighted by molar-refractivity contribution is 14.1. The number of allylic oxidation sites excluding steroid dienone is 6. The summed E-state index contributed by atoms with van der Waals surface area (Å²) < 4.78 is 21.2. The van der Waals surface area contributed by atoms with Crippen LogP contribution in [0.4, 0.5) is 22.7 Å². The van der Waals surface area contributed by atoms with Gasteiger partial charge in [-0.2, -0.15) is 13.7 Å². The number of aliphatic hydroxyl groups is 1. The van der Waals surface area contributed by atoms with Crippen LogP contribution in [0.2, 0.25) is 0 Å². The zero-order chi connectivity index (χ0) is 84.4. The van der Waals surface area contributed by atoms with Crippen LogP contribution in [0.3, 0.4) is 0 Å². The number of fused-ring (bicyclic) bond motifs is 8. The molecule has 0 spiro atoms. The molecule has 14 aromatic rings. The molecular formula is C99H122I2N12O3S5+4. The first-order chi connectivity index (χ1) is 57.3. The summed E-state index contributed by atoms with van der Waals surface area (Å²) in [7, 11) is 0. The quantitative estimate of drug-likeness (QED) is 0.0361. The van der Waals surface area contributed by atoms with E-state index in [1.54, 1.807) is 34.0 Å². The Morgan fingerprint density at radius 1 is 0.388 bits per heavy atom. The number of alkyl halides is 2. The molecule has 0 saturated heterocycles. The molecule has 18 rings (SSSR count). The number of hydrogen-bond donors (Lipinski definition) is 2. The number of nitrogens with zero attached hydrogens (tertiary/aromatic N) is 12. The van der Waals surface area contributed by atoms with Crippen LogP contribution in [-0.4, -0.2) is 70.8 Å². The average Bonchev–Trinajstić information content (AvgIpc) is 1.64. The Morgan fingerprint density at radius 2 is 0.752 bits per heavy atom. The van der Waals surface area contributed by atoms with Crippen molar-refractivity contribution in [2.45, 2.75) is 172 Å². The van der Waals surface area contributed by atoms with Crippen LogP contribution in [0.5, 0.6) is 0 Å². The van der Waals surface area contributed by atoms with Crippen LogP contribution in [0.1, 0.15) is 137 Å². The minimum atomic E-state index is -0.113. The lowest BCUT2D eigenvalue weighted by Crippen LogP contribution is -2.34. The number of imidazole rings is 2. The molecule has 0 radical (unpaired) electrons. The Hall–Kier alpha value is -9.15. The van der Waals surface area contributed by atoms with E-state index in [0.29, 0.717) is 22.3 Å². The molecule has 0 atom stereocenters. The first kappa shape index (κ1) is 97.3. The molecule has 0 bridgehead atoms. The summed E-state index contributed by atoms with van der Waals surface area (Å²) in [6.07, 6.45) is 7.67. The van der Waals surface area contributed by atoms with Gasteiger partial charge in [0.1, 0.15) is 57.0 Å². The van der Waals surface area contributed by atoms with Crippen molar-refractivity contribution in [1.29, 1.82) is 0 Å². The van der Waals surface area contributed by atoms with Crippen LogP contribution in [0.25, 0.3) is 75.1 Å². The molecule has 0 saturated carbocycles. The van der Waals surface area contributed by atoms with Gasteiger partial charge in [0.15, 0.2) is 16.8 Å². The van der Waals surface area contributed by atoms with E-state index < -0.39 is 0 Å². The Bertz CT molecular complexity index is 5680. The summed E-state index contributed by atoms with van der Waals surface area (Å²) in [4.78, 5) is 44.7. The number of para-hydroxylation sites is 12. The van der Waals surface area contributed by atoms with Crippen molar-refractivity contribution in [3.05, 3.63) is 283 Å². The van der Waals surface area contributed by atoms with Crippen molar-refractivity contribution in [2.75, 3.05) is 54.6 Å². The molecule has 15 nitrogen and oxygen atoms in total. The number of aryl methyl sites for hydroxylation is 9. The summed E-state index contributed by atoms with van der Waals surface area (Å²) in [5.41, 5.74) is 16.6. The number of anilines is 4. The third-order valence-electron chi connectivity index (χ3n) is 20.8. The van der Waals surface area contributed by atoms with Crippen LogP contribution in [0.15, 0.2) is 251 Å². The predicted molar refractivity (Wildman–Crippen MR) is 543 cm³/mol. The van der Waals surface area contributed by atoms with Gasteiger partial charge in [0.2, 0.25) is 27.3 Å². The van der Waals surface area contributed by atoms with Crippen molar-refractivity contribution >= 4 is 213 Å². The molecule has 6 aromatic heterocycles. The van der Waals surface area contributed by atoms with E-state index in [4.69, 9.17) is 12.6 Å². The highest BCUT2D eigenvalue weighted by Gasteiger charge is 2.39. The number of thiazole rings is 4. The summed E-state index contributed by atoms with van der Waals surface area (Å²) in [5, 5.41) is 15.4. The van der Waals surface area contributed by atoms with E-state index >= 15 is 0 Å². The Kier molecular flexibility index (Phi) is 36.8. The lowest BCUT2D eigenvalue weighted by atomic mass is 9.87. The molecule has 8 aromatic carbocycles. The minimum Gasteiger partial charge on any atom is -0.506 e. The number of benzene rings is 8. The lowest BCUT2D eigenvalue weighted by molar-refractivity contribution is -0.675. The Morgan fingerprint density at radius 3 is 1.17 bits per heavy atom. The standard InChI is InChI=1S/C26H25N3O2S.C26H25N3OS2.C12H17N2.C10H12N2.C10H12NS.C8H7NS.2C2H5I.3CH4/c2*1-4-27-19-11-7-8-12-20(19)28(5-2)23(27)15-17-25(30)18(26(17)31)16-24-29(6-3)21-13-9-10-14-22(21)32-24;1-4-13-10(3)14(5-2)12-9-7-6-8-11(12)13;1-3-12-8(2)11-9-6-4-5-7-10(9)12;1-3-11-8(2)12-10-7-5-4-6-9(10)11;1-6-9-7-4-2-3-5-8(7)10-6;2*1-2-3;;;/h2*7-16H,4-6H2,1-3H3;6-9H,4-5H2,1-3H3;2*4-7H,3H2,1-2H3;2-5H,1H3;2*2H2,1H3;3*1H4/q;;+1;;+1;;;;;;/p+2. The SMILES string of the molecule is C.C.C.CCI.CCI.CCN1C(=CC2=C(O)C(=Cc3sc4ccccc4[n+]3CC)C2=O)N(CC)c2ccccc21.CCN1C(=CC2=C(S)C(=Cc3sc4ccccc4[n+]3CC)C2=O)N(CC)c2ccccc21.CC[n+]1c(C)sc2ccccc21.CCn1c(C)[n+](CC)c2ccccc21.CCn1c(C)nc2ccccc21.Cc1nc2ccccc2s1. The number of thiol groups is 1. The monoisotopic (exact) mass is 1940 g/mol. The maximum absolute atomic E-state index is 13.2. The van der Waals surface area contributed by atoms with Gasteiger partial charge in [-0.25, -0.2) is 19.1 Å². The van der Waals surface area contributed by atoms with Crippen LogP contribution >= 0.6 is 103 Å². The molecular weight excluding hydrogens is 1820 g/mol. The average molecular weight is 1940 g/mol. The van der Waals surface area contributed by atoms with Crippen molar-refractivity contribution < 1.29 is 33.0 Å². The molecule has 636 valence electrons. The smallest absolute Gasteiger partial charge is 0.263 e. The highest BCUT2D eigenvalue weighted by atomic mass is 127. The third kappa shape index (κ3) is 20.9. The van der Waals surface area contributed by atoms with Crippen LogP contribution < -0.4 is 37.9 Å². The first-order valence-corrected chi connectivity index (χ1v) is 47.7. The van der Waals surface area contributed by atoms with Crippen molar-refractivity contribution in [2.24, 2.45) is 0 Å². The van der Waals surface area contributed by atoms with Gasteiger partial charge in [-0.05, 0) is 183 Å². The van der Waals surface area contributed by atoms with E-state index in [-0.39, 0.29) is 39.6 Å². The lowest BCUT2D eigenvalue weighted by Gasteiger charge is -2.26. The van der Waals surface area contributed by atoms with E-state index in [0.717, 1.165) is 131 Å². The zero-order valence-corrected chi connectivity index (χ0v) is 79.2. The molecule has 2 aliphatic heterocycles. The molecule has 8 heterocycles. The largest absolute Gasteiger partial charge is 0.506 e. The number of aromatic nitrogens is 8. The zero-order valence-electron chi connectivity index (χ0n) is 70.7. The van der Waals surface area contributed by atoms with Gasteiger partial charge >= 0.3 is 0 Å². The predicted octanol–water partition coefficient (Wildman–Crippen LogP) is 25.3. The molecule has 1 N–H and O–H groups in total. The highest BCUT2D eigenvalue weighted by Crippen LogP contribution is 2.46. The van der Waals surface area contributed by atoms with E-state index in [9.17, 15) is 14.7 Å². The van der Waals surface area contributed by atoms with Gasteiger partial charge in [0.25, 0.3) is 15.8 Å². The third-order valence-corrected chi connectivity index (χ3v) is 25.6. The summed E-state index contributed by atoms with van der Waals surface area (Å²) >= 11 is 16.3. The molecule has 0 unspecified atom stereocenters. The number of rotatable bonds is 14. The van der Waals surface area contributed by atoms with Crippen molar-refractivity contribution in [3.8, 4) is 0 Å². The second-order valence-corrected chi connectivity index (χ2v) is 35.6. The molecule has 0 amide bonds. The summed E-state index contributed by atoms with van der Waals surface area (Å²) in [6.45, 7) is 43.1. The number of carbonyl (C=O) groups is 2. The number of carbonyl (C=O) groups excluding carboxylic acids is 2. The number of ketones is 2. The molecule has 22 heteroatoms. The second kappa shape index (κ2) is 45.8. The normalized spacial score (nSPS) is 13.5.